The van der Waals surface area contributed by atoms with Gasteiger partial charge in [-0.2, -0.15) is 0 Å². The summed E-state index contributed by atoms with van der Waals surface area (Å²) in [6, 6.07) is 0. The molecule has 0 aliphatic heterocycles. The Bertz CT molecular complexity index is 109. The highest BCUT2D eigenvalue weighted by Gasteiger charge is 2.06. The fourth-order valence-electron chi connectivity index (χ4n) is 0.605. The van der Waals surface area contributed by atoms with Crippen molar-refractivity contribution in [3.63, 3.8) is 0 Å². The summed E-state index contributed by atoms with van der Waals surface area (Å²) in [6.45, 7) is 10.3. The van der Waals surface area contributed by atoms with Crippen LogP contribution in [-0.2, 0) is 14.2 Å². The zero-order chi connectivity index (χ0) is 8.69. The molecule has 2 atom stereocenters. The summed E-state index contributed by atoms with van der Waals surface area (Å²) < 4.78 is 14.9. The summed E-state index contributed by atoms with van der Waals surface area (Å²) in [5.74, 6) is 0. The van der Waals surface area contributed by atoms with Crippen LogP contribution in [0.1, 0.15) is 13.8 Å². The van der Waals surface area contributed by atoms with Crippen molar-refractivity contribution in [1.82, 2.24) is 0 Å². The first-order valence-electron chi connectivity index (χ1n) is 3.39. The van der Waals surface area contributed by atoms with Crippen LogP contribution in [0.5, 0.6) is 0 Å². The Hall–Kier alpha value is -0.960. The SMILES string of the molecule is C=COC(C)OC(C)OC=C. The van der Waals surface area contributed by atoms with Gasteiger partial charge in [0.2, 0.25) is 0 Å². The largest absolute Gasteiger partial charge is 0.473 e. The molecule has 0 aliphatic rings. The average molecular weight is 158 g/mol. The predicted octanol–water partition coefficient (Wildman–Crippen LogP) is 2.02. The molecule has 11 heavy (non-hydrogen) atoms. The molecule has 0 bridgehead atoms. The van der Waals surface area contributed by atoms with Crippen molar-refractivity contribution in [2.45, 2.75) is 26.4 Å². The van der Waals surface area contributed by atoms with Crippen molar-refractivity contribution in [3.8, 4) is 0 Å². The van der Waals surface area contributed by atoms with Gasteiger partial charge in [-0.15, -0.1) is 0 Å². The molecule has 0 aromatic carbocycles. The Morgan fingerprint density at radius 3 is 1.64 bits per heavy atom. The standard InChI is InChI=1S/C8H14O3/c1-5-9-7(3)11-8(4)10-6-2/h5-8H,1-2H2,3-4H3. The third-order valence-corrected chi connectivity index (χ3v) is 0.959. The molecule has 0 aromatic heterocycles. The number of rotatable bonds is 6. The maximum absolute atomic E-state index is 5.14. The molecule has 3 heteroatoms. The summed E-state index contributed by atoms with van der Waals surface area (Å²) in [6.07, 6.45) is 1.96. The second-order valence-electron chi connectivity index (χ2n) is 1.88. The third kappa shape index (κ3) is 5.48. The van der Waals surface area contributed by atoms with Gasteiger partial charge < -0.3 is 14.2 Å². The fraction of sp³-hybridized carbons (Fsp3) is 0.500. The predicted molar refractivity (Wildman–Crippen MR) is 42.6 cm³/mol. The number of hydrogen-bond acceptors (Lipinski definition) is 3. The van der Waals surface area contributed by atoms with Gasteiger partial charge in [0.25, 0.3) is 0 Å². The van der Waals surface area contributed by atoms with Crippen molar-refractivity contribution < 1.29 is 14.2 Å². The zero-order valence-corrected chi connectivity index (χ0v) is 6.95. The highest BCUT2D eigenvalue weighted by molar-refractivity contribution is 4.52. The van der Waals surface area contributed by atoms with E-state index in [9.17, 15) is 0 Å². The quantitative estimate of drug-likeness (QED) is 0.437. The van der Waals surface area contributed by atoms with Crippen LogP contribution in [0.2, 0.25) is 0 Å². The van der Waals surface area contributed by atoms with Crippen LogP contribution in [0.4, 0.5) is 0 Å². The van der Waals surface area contributed by atoms with Gasteiger partial charge in [0.1, 0.15) is 0 Å². The lowest BCUT2D eigenvalue weighted by molar-refractivity contribution is -0.196. The molecule has 0 amide bonds. The minimum Gasteiger partial charge on any atom is -0.473 e. The Morgan fingerprint density at radius 1 is 1.00 bits per heavy atom. The van der Waals surface area contributed by atoms with E-state index < -0.39 is 0 Å². The average Bonchev–Trinajstić information content (AvgIpc) is 1.87. The smallest absolute Gasteiger partial charge is 0.199 e. The van der Waals surface area contributed by atoms with Crippen LogP contribution in [0.3, 0.4) is 0 Å². The maximum atomic E-state index is 5.14. The highest BCUT2D eigenvalue weighted by atomic mass is 16.8. The molecular formula is C8H14O3. The Kier molecular flexibility index (Phi) is 5.29. The van der Waals surface area contributed by atoms with E-state index in [0.717, 1.165) is 0 Å². The Labute approximate surface area is 67.3 Å². The first-order chi connectivity index (χ1) is 5.20. The van der Waals surface area contributed by atoms with Crippen LogP contribution in [0.25, 0.3) is 0 Å². The van der Waals surface area contributed by atoms with E-state index in [-0.39, 0.29) is 12.6 Å². The van der Waals surface area contributed by atoms with Gasteiger partial charge in [-0.1, -0.05) is 13.2 Å². The first kappa shape index (κ1) is 10.0. The third-order valence-electron chi connectivity index (χ3n) is 0.959. The molecule has 0 aliphatic carbocycles. The van der Waals surface area contributed by atoms with Crippen molar-refractivity contribution in [1.29, 1.82) is 0 Å². The summed E-state index contributed by atoms with van der Waals surface area (Å²) in [5.41, 5.74) is 0. The number of ether oxygens (including phenoxy) is 3. The van der Waals surface area contributed by atoms with Crippen LogP contribution in [0, 0.1) is 0 Å². The summed E-state index contributed by atoms with van der Waals surface area (Å²) in [7, 11) is 0. The lowest BCUT2D eigenvalue weighted by Gasteiger charge is -2.17. The van der Waals surface area contributed by atoms with E-state index in [4.69, 9.17) is 14.2 Å². The molecule has 0 saturated heterocycles. The summed E-state index contributed by atoms with van der Waals surface area (Å²) >= 11 is 0. The van der Waals surface area contributed by atoms with Gasteiger partial charge in [0.05, 0.1) is 12.5 Å². The molecule has 0 heterocycles. The minimum atomic E-state index is -0.345. The maximum Gasteiger partial charge on any atom is 0.199 e. The van der Waals surface area contributed by atoms with Gasteiger partial charge in [-0.05, 0) is 13.8 Å². The highest BCUT2D eigenvalue weighted by Crippen LogP contribution is 2.01. The van der Waals surface area contributed by atoms with Gasteiger partial charge in [-0.3, -0.25) is 0 Å². The molecule has 0 fully saturated rings. The van der Waals surface area contributed by atoms with Crippen LogP contribution in [-0.4, -0.2) is 12.6 Å². The molecule has 2 unspecified atom stereocenters. The second-order valence-corrected chi connectivity index (χ2v) is 1.88. The van der Waals surface area contributed by atoms with Gasteiger partial charge in [-0.25, -0.2) is 0 Å². The molecule has 64 valence electrons. The van der Waals surface area contributed by atoms with E-state index >= 15 is 0 Å². The van der Waals surface area contributed by atoms with Crippen molar-refractivity contribution >= 4 is 0 Å². The van der Waals surface area contributed by atoms with E-state index in [1.165, 1.54) is 12.5 Å². The second kappa shape index (κ2) is 5.80. The molecule has 3 nitrogen and oxygen atoms in total. The topological polar surface area (TPSA) is 27.7 Å². The normalized spacial score (nSPS) is 14.7. The van der Waals surface area contributed by atoms with E-state index in [1.54, 1.807) is 13.8 Å². The van der Waals surface area contributed by atoms with Crippen LogP contribution < -0.4 is 0 Å². The molecule has 0 spiro atoms. The number of hydrogen-bond donors (Lipinski definition) is 0. The lowest BCUT2D eigenvalue weighted by Crippen LogP contribution is -2.18. The molecule has 0 N–H and O–H groups in total. The summed E-state index contributed by atoms with van der Waals surface area (Å²) in [5, 5.41) is 0. The molecule has 0 radical (unpaired) electrons. The molecule has 0 rings (SSSR count). The van der Waals surface area contributed by atoms with Gasteiger partial charge in [0.15, 0.2) is 12.6 Å². The van der Waals surface area contributed by atoms with E-state index in [1.807, 2.05) is 0 Å². The lowest BCUT2D eigenvalue weighted by atomic mass is 10.7. The van der Waals surface area contributed by atoms with Crippen molar-refractivity contribution in [2.24, 2.45) is 0 Å². The fourth-order valence-corrected chi connectivity index (χ4v) is 0.605. The van der Waals surface area contributed by atoms with E-state index in [2.05, 4.69) is 13.2 Å². The Morgan fingerprint density at radius 2 is 1.36 bits per heavy atom. The molecule has 0 aromatic rings. The van der Waals surface area contributed by atoms with Crippen LogP contribution in [0.15, 0.2) is 25.7 Å². The van der Waals surface area contributed by atoms with Gasteiger partial charge in [0, 0.05) is 0 Å². The first-order valence-corrected chi connectivity index (χ1v) is 3.39. The van der Waals surface area contributed by atoms with Crippen LogP contribution >= 0.6 is 0 Å². The van der Waals surface area contributed by atoms with Crippen molar-refractivity contribution in [2.75, 3.05) is 0 Å². The van der Waals surface area contributed by atoms with E-state index in [0.29, 0.717) is 0 Å². The molecular weight excluding hydrogens is 144 g/mol. The molecule has 0 saturated carbocycles. The van der Waals surface area contributed by atoms with Crippen molar-refractivity contribution in [3.05, 3.63) is 25.7 Å². The zero-order valence-electron chi connectivity index (χ0n) is 6.95. The monoisotopic (exact) mass is 158 g/mol. The minimum absolute atomic E-state index is 0.345. The summed E-state index contributed by atoms with van der Waals surface area (Å²) in [4.78, 5) is 0. The Balaban J connectivity index is 3.46. The van der Waals surface area contributed by atoms with Gasteiger partial charge >= 0.3 is 0 Å².